The van der Waals surface area contributed by atoms with Crippen molar-refractivity contribution >= 4 is 0 Å². The Bertz CT molecular complexity index is 568. The smallest absolute Gasteiger partial charge is 0.186 e. The molecule has 13 atom stereocenters. The third kappa shape index (κ3) is 36.9. The highest BCUT2D eigenvalue weighted by atomic mass is 16.7. The van der Waals surface area contributed by atoms with E-state index in [1.807, 2.05) is 0 Å². The number of aliphatic hydroxyl groups excluding tert-OH is 12. The summed E-state index contributed by atoms with van der Waals surface area (Å²) in [6.07, 6.45) is -8.36. The third-order valence-corrected chi connectivity index (χ3v) is 5.60. The van der Waals surface area contributed by atoms with Crippen molar-refractivity contribution in [2.75, 3.05) is 66.6 Å². The van der Waals surface area contributed by atoms with Crippen LogP contribution in [0.25, 0.3) is 0 Å². The molecule has 0 aliphatic carbocycles. The minimum atomic E-state index is -1.36. The van der Waals surface area contributed by atoms with E-state index >= 15 is 0 Å². The quantitative estimate of drug-likeness (QED) is 0.0651. The van der Waals surface area contributed by atoms with E-state index in [0.29, 0.717) is 26.4 Å². The number of hydrogen-bond acceptors (Lipinski definition) is 18. The van der Waals surface area contributed by atoms with Crippen molar-refractivity contribution < 1.29 is 89.7 Å². The Morgan fingerprint density at radius 1 is 0.469 bits per heavy atom. The van der Waals surface area contributed by atoms with Crippen LogP contribution in [-0.4, -0.2) is 207 Å². The maximum absolute atomic E-state index is 9.28. The van der Waals surface area contributed by atoms with Gasteiger partial charge in [0, 0.05) is 7.11 Å². The van der Waals surface area contributed by atoms with E-state index in [9.17, 15) is 15.3 Å². The average Bonchev–Trinajstić information content (AvgIpc) is 3.07. The van der Waals surface area contributed by atoms with E-state index in [1.54, 1.807) is 55.4 Å². The van der Waals surface area contributed by atoms with E-state index in [1.165, 1.54) is 7.11 Å². The maximum atomic E-state index is 9.28. The van der Waals surface area contributed by atoms with Gasteiger partial charge < -0.3 is 89.7 Å². The van der Waals surface area contributed by atoms with Gasteiger partial charge in [-0.15, -0.1) is 0 Å². The van der Waals surface area contributed by atoms with Crippen molar-refractivity contribution in [3.63, 3.8) is 0 Å². The highest BCUT2D eigenvalue weighted by Crippen LogP contribution is 2.21. The fourth-order valence-electron chi connectivity index (χ4n) is 2.69. The Kier molecular flexibility index (Phi) is 40.1. The molecule has 49 heavy (non-hydrogen) atoms. The molecular weight excluding hydrogens is 660 g/mol. The second-order valence-corrected chi connectivity index (χ2v) is 11.6. The first-order valence-electron chi connectivity index (χ1n) is 16.2. The number of ether oxygens (including phenoxy) is 6. The lowest BCUT2D eigenvalue weighted by Gasteiger charge is -2.38. The van der Waals surface area contributed by atoms with Crippen LogP contribution in [0.5, 0.6) is 0 Å². The van der Waals surface area contributed by atoms with Gasteiger partial charge >= 0.3 is 0 Å². The molecule has 0 saturated carbocycles. The lowest BCUT2D eigenvalue weighted by molar-refractivity contribution is -0.294. The Morgan fingerprint density at radius 2 is 0.735 bits per heavy atom. The van der Waals surface area contributed by atoms with Crippen LogP contribution in [0.3, 0.4) is 0 Å². The first kappa shape index (κ1) is 55.0. The molecular formula is C31H70O18. The summed E-state index contributed by atoms with van der Waals surface area (Å²) in [5.41, 5.74) is 0. The van der Waals surface area contributed by atoms with Crippen LogP contribution in [-0.2, 0) is 28.4 Å². The molecule has 0 aromatic heterocycles. The van der Waals surface area contributed by atoms with Crippen molar-refractivity contribution in [2.24, 2.45) is 0 Å². The van der Waals surface area contributed by atoms with Gasteiger partial charge in [-0.2, -0.15) is 0 Å². The van der Waals surface area contributed by atoms with Crippen molar-refractivity contribution in [1.82, 2.24) is 0 Å². The Morgan fingerprint density at radius 3 is 0.918 bits per heavy atom. The van der Waals surface area contributed by atoms with E-state index in [0.717, 1.165) is 0 Å². The standard InChI is InChI=1S/C7H14O6.4C6H14O3/c1-12-7-6(11)5(10)4(9)3(2-8)13-7;4*1-5(8)4-9-6(2)3-7/h3-11H,2H2,1H3;4*5-8H,3-4H2,1-2H3/t3-,4-,5+,6-,7-;;;;/m1..../s1. The van der Waals surface area contributed by atoms with Crippen LogP contribution < -0.4 is 0 Å². The highest BCUT2D eigenvalue weighted by Gasteiger charge is 2.43. The Hall–Kier alpha value is -0.720. The van der Waals surface area contributed by atoms with Crippen LogP contribution in [0, 0.1) is 0 Å². The lowest BCUT2D eigenvalue weighted by Crippen LogP contribution is -2.58. The minimum absolute atomic E-state index is 0.00667. The van der Waals surface area contributed by atoms with Gasteiger partial charge in [-0.25, -0.2) is 0 Å². The number of aliphatic hydroxyl groups is 12. The van der Waals surface area contributed by atoms with Crippen molar-refractivity contribution in [1.29, 1.82) is 0 Å². The summed E-state index contributed by atoms with van der Waals surface area (Å²) in [5, 5.41) is 105. The SMILES string of the molecule is CC(O)COC(C)CO.CC(O)COC(C)CO.CC(O)COC(C)CO.CC(O)COC(C)CO.CO[C@@H]1O[C@H](CO)[C@@H](O)[C@H](O)[C@H]1O. The highest BCUT2D eigenvalue weighted by molar-refractivity contribution is 4.88. The molecule has 0 radical (unpaired) electrons. The largest absolute Gasteiger partial charge is 0.394 e. The molecule has 0 aromatic rings. The molecule has 0 spiro atoms. The van der Waals surface area contributed by atoms with Crippen molar-refractivity contribution in [2.45, 2.75) is 135 Å². The van der Waals surface area contributed by atoms with Crippen LogP contribution in [0.2, 0.25) is 0 Å². The summed E-state index contributed by atoms with van der Waals surface area (Å²) in [5.74, 6) is 0. The maximum Gasteiger partial charge on any atom is 0.186 e. The predicted molar refractivity (Wildman–Crippen MR) is 177 cm³/mol. The van der Waals surface area contributed by atoms with Gasteiger partial charge in [-0.05, 0) is 55.4 Å². The molecule has 18 nitrogen and oxygen atoms in total. The monoisotopic (exact) mass is 730 g/mol. The van der Waals surface area contributed by atoms with Gasteiger partial charge in [-0.1, -0.05) is 0 Å². The normalized spacial score (nSPS) is 25.0. The summed E-state index contributed by atoms with van der Waals surface area (Å²) in [6, 6.07) is 0. The summed E-state index contributed by atoms with van der Waals surface area (Å²) < 4.78 is 29.5. The van der Waals surface area contributed by atoms with Gasteiger partial charge in [0.05, 0.1) is 108 Å². The molecule has 1 saturated heterocycles. The van der Waals surface area contributed by atoms with Crippen molar-refractivity contribution in [3.8, 4) is 0 Å². The lowest BCUT2D eigenvalue weighted by atomic mass is 9.99. The van der Waals surface area contributed by atoms with E-state index in [4.69, 9.17) is 74.4 Å². The number of methoxy groups -OCH3 is 1. The van der Waals surface area contributed by atoms with Crippen LogP contribution in [0.1, 0.15) is 55.4 Å². The molecule has 1 aliphatic rings. The van der Waals surface area contributed by atoms with Crippen LogP contribution in [0.15, 0.2) is 0 Å². The first-order chi connectivity index (χ1) is 22.8. The summed E-state index contributed by atoms with van der Waals surface area (Å²) >= 11 is 0. The van der Waals surface area contributed by atoms with E-state index < -0.39 is 61.7 Å². The summed E-state index contributed by atoms with van der Waals surface area (Å²) in [6.45, 7) is 14.3. The van der Waals surface area contributed by atoms with Crippen LogP contribution >= 0.6 is 0 Å². The fourth-order valence-corrected chi connectivity index (χ4v) is 2.69. The van der Waals surface area contributed by atoms with Gasteiger partial charge in [0.15, 0.2) is 6.29 Å². The van der Waals surface area contributed by atoms with Gasteiger partial charge in [-0.3, -0.25) is 0 Å². The second kappa shape index (κ2) is 35.7. The number of hydrogen-bond donors (Lipinski definition) is 12. The molecule has 18 heteroatoms. The Labute approximate surface area is 291 Å². The van der Waals surface area contributed by atoms with Gasteiger partial charge in [0.1, 0.15) is 24.4 Å². The Balaban J connectivity index is -0.000000261. The second-order valence-electron chi connectivity index (χ2n) is 11.6. The van der Waals surface area contributed by atoms with Gasteiger partial charge in [0.2, 0.25) is 0 Å². The van der Waals surface area contributed by atoms with E-state index in [-0.39, 0.29) is 50.8 Å². The molecule has 1 rings (SSSR count). The molecule has 0 amide bonds. The van der Waals surface area contributed by atoms with Crippen molar-refractivity contribution in [3.05, 3.63) is 0 Å². The molecule has 1 aliphatic heterocycles. The zero-order chi connectivity index (χ0) is 39.1. The van der Waals surface area contributed by atoms with Crippen LogP contribution in [0.4, 0.5) is 0 Å². The zero-order valence-corrected chi connectivity index (χ0v) is 30.7. The molecule has 12 N–H and O–H groups in total. The third-order valence-electron chi connectivity index (χ3n) is 5.60. The molecule has 0 aromatic carbocycles. The topological polar surface area (TPSA) is 298 Å². The molecule has 302 valence electrons. The molecule has 8 unspecified atom stereocenters. The molecule has 0 bridgehead atoms. The predicted octanol–water partition coefficient (Wildman–Crippen LogP) is -3.51. The molecule has 1 heterocycles. The van der Waals surface area contributed by atoms with Gasteiger partial charge in [0.25, 0.3) is 0 Å². The summed E-state index contributed by atoms with van der Waals surface area (Å²) in [4.78, 5) is 0. The summed E-state index contributed by atoms with van der Waals surface area (Å²) in [7, 11) is 1.30. The first-order valence-corrected chi connectivity index (χ1v) is 16.2. The molecule has 1 fully saturated rings. The average molecular weight is 731 g/mol. The number of rotatable bonds is 18. The zero-order valence-electron chi connectivity index (χ0n) is 30.7. The van der Waals surface area contributed by atoms with E-state index in [2.05, 4.69) is 0 Å². The fraction of sp³-hybridized carbons (Fsp3) is 1.00. The minimum Gasteiger partial charge on any atom is -0.394 e.